The first kappa shape index (κ1) is 16.9. The number of hydrogen-bond acceptors (Lipinski definition) is 4. The van der Waals surface area contributed by atoms with Crippen molar-refractivity contribution in [3.8, 4) is 0 Å². The smallest absolute Gasteiger partial charge is 0.0793 e. The number of benzene rings is 1. The summed E-state index contributed by atoms with van der Waals surface area (Å²) in [7, 11) is 0. The van der Waals surface area contributed by atoms with Gasteiger partial charge in [-0.05, 0) is 43.8 Å². The van der Waals surface area contributed by atoms with E-state index in [0.717, 1.165) is 52.5 Å². The Morgan fingerprint density at radius 2 is 1.65 bits per heavy atom. The van der Waals surface area contributed by atoms with Gasteiger partial charge in [0.1, 0.15) is 0 Å². The molecule has 0 aliphatic carbocycles. The zero-order valence-electron chi connectivity index (χ0n) is 14.1. The van der Waals surface area contributed by atoms with Crippen molar-refractivity contribution in [3.63, 3.8) is 0 Å². The van der Waals surface area contributed by atoms with Gasteiger partial charge >= 0.3 is 0 Å². The molecule has 3 rings (SSSR count). The highest BCUT2D eigenvalue weighted by atomic mass is 16.5. The maximum Gasteiger partial charge on any atom is 0.0793 e. The van der Waals surface area contributed by atoms with Gasteiger partial charge in [-0.3, -0.25) is 4.90 Å². The molecular weight excluding hydrogens is 288 g/mol. The summed E-state index contributed by atoms with van der Waals surface area (Å²) in [6, 6.07) is 10.9. The van der Waals surface area contributed by atoms with Crippen molar-refractivity contribution in [3.05, 3.63) is 35.9 Å². The molecule has 0 radical (unpaired) electrons. The van der Waals surface area contributed by atoms with Crippen molar-refractivity contribution >= 4 is 0 Å². The van der Waals surface area contributed by atoms with Gasteiger partial charge in [-0.2, -0.15) is 0 Å². The lowest BCUT2D eigenvalue weighted by Crippen LogP contribution is -2.44. The van der Waals surface area contributed by atoms with E-state index >= 15 is 0 Å². The highest BCUT2D eigenvalue weighted by Gasteiger charge is 2.21. The van der Waals surface area contributed by atoms with Crippen LogP contribution in [0.1, 0.15) is 30.7 Å². The van der Waals surface area contributed by atoms with Crippen molar-refractivity contribution in [2.45, 2.75) is 31.3 Å². The SMILES string of the molecule is OC(CN1CCOCC1)CN1CCCC(c2ccccc2)CC1. The van der Waals surface area contributed by atoms with Crippen molar-refractivity contribution < 1.29 is 9.84 Å². The molecule has 1 aromatic rings. The summed E-state index contributed by atoms with van der Waals surface area (Å²) in [6.45, 7) is 7.30. The fourth-order valence-corrected chi connectivity index (χ4v) is 3.83. The molecule has 2 aliphatic rings. The van der Waals surface area contributed by atoms with Crippen LogP contribution in [0.2, 0.25) is 0 Å². The van der Waals surface area contributed by atoms with E-state index in [4.69, 9.17) is 4.74 Å². The zero-order valence-corrected chi connectivity index (χ0v) is 14.1. The molecular formula is C19H30N2O2. The molecule has 1 aromatic carbocycles. The van der Waals surface area contributed by atoms with Crippen LogP contribution in [0.25, 0.3) is 0 Å². The third-order valence-corrected chi connectivity index (χ3v) is 5.13. The van der Waals surface area contributed by atoms with Crippen LogP contribution < -0.4 is 0 Å². The quantitative estimate of drug-likeness (QED) is 0.900. The number of ether oxygens (including phenoxy) is 1. The monoisotopic (exact) mass is 318 g/mol. The number of aliphatic hydroxyl groups is 1. The van der Waals surface area contributed by atoms with Crippen LogP contribution in [0.3, 0.4) is 0 Å². The van der Waals surface area contributed by atoms with Crippen LogP contribution >= 0.6 is 0 Å². The average molecular weight is 318 g/mol. The van der Waals surface area contributed by atoms with Gasteiger partial charge in [0.15, 0.2) is 0 Å². The van der Waals surface area contributed by atoms with Gasteiger partial charge in [0, 0.05) is 26.2 Å². The predicted molar refractivity (Wildman–Crippen MR) is 92.7 cm³/mol. The van der Waals surface area contributed by atoms with Crippen molar-refractivity contribution in [1.82, 2.24) is 9.80 Å². The fourth-order valence-electron chi connectivity index (χ4n) is 3.83. The van der Waals surface area contributed by atoms with E-state index in [-0.39, 0.29) is 6.10 Å². The predicted octanol–water partition coefficient (Wildman–Crippen LogP) is 1.95. The Morgan fingerprint density at radius 1 is 0.957 bits per heavy atom. The summed E-state index contributed by atoms with van der Waals surface area (Å²) < 4.78 is 5.37. The summed E-state index contributed by atoms with van der Waals surface area (Å²) in [5.74, 6) is 0.678. The maximum absolute atomic E-state index is 10.4. The Bertz CT molecular complexity index is 448. The van der Waals surface area contributed by atoms with Crippen LogP contribution in [0.4, 0.5) is 0 Å². The van der Waals surface area contributed by atoms with Crippen LogP contribution in [-0.2, 0) is 4.74 Å². The molecule has 23 heavy (non-hydrogen) atoms. The highest BCUT2D eigenvalue weighted by molar-refractivity contribution is 5.19. The van der Waals surface area contributed by atoms with Gasteiger partial charge in [0.05, 0.1) is 19.3 Å². The third-order valence-electron chi connectivity index (χ3n) is 5.13. The molecule has 0 bridgehead atoms. The van der Waals surface area contributed by atoms with E-state index in [9.17, 15) is 5.11 Å². The van der Waals surface area contributed by atoms with Gasteiger partial charge in [0.2, 0.25) is 0 Å². The molecule has 2 heterocycles. The van der Waals surface area contributed by atoms with Crippen LogP contribution in [0.5, 0.6) is 0 Å². The van der Waals surface area contributed by atoms with Crippen molar-refractivity contribution in [2.24, 2.45) is 0 Å². The average Bonchev–Trinajstić information content (AvgIpc) is 2.82. The van der Waals surface area contributed by atoms with Gasteiger partial charge in [0.25, 0.3) is 0 Å². The Morgan fingerprint density at radius 3 is 2.39 bits per heavy atom. The van der Waals surface area contributed by atoms with Crippen LogP contribution in [0, 0.1) is 0 Å². The molecule has 0 saturated carbocycles. The Kier molecular flexibility index (Phi) is 6.46. The molecule has 128 valence electrons. The number of likely N-dealkylation sites (tertiary alicyclic amines) is 1. The van der Waals surface area contributed by atoms with Gasteiger partial charge in [-0.25, -0.2) is 0 Å². The Hall–Kier alpha value is -0.940. The summed E-state index contributed by atoms with van der Waals surface area (Å²) in [6.07, 6.45) is 3.44. The number of β-amino-alcohol motifs (C(OH)–C–C–N with tert-alkyl or cyclic N) is 1. The number of aliphatic hydroxyl groups excluding tert-OH is 1. The van der Waals surface area contributed by atoms with E-state index in [2.05, 4.69) is 40.1 Å². The van der Waals surface area contributed by atoms with Gasteiger partial charge in [-0.15, -0.1) is 0 Å². The topological polar surface area (TPSA) is 35.9 Å². The van der Waals surface area contributed by atoms with E-state index in [1.807, 2.05) is 0 Å². The van der Waals surface area contributed by atoms with Crippen molar-refractivity contribution in [1.29, 1.82) is 0 Å². The minimum Gasteiger partial charge on any atom is -0.390 e. The molecule has 4 heteroatoms. The van der Waals surface area contributed by atoms with Gasteiger partial charge < -0.3 is 14.7 Å². The summed E-state index contributed by atoms with van der Waals surface area (Å²) >= 11 is 0. The van der Waals surface area contributed by atoms with Crippen LogP contribution in [0.15, 0.2) is 30.3 Å². The lowest BCUT2D eigenvalue weighted by atomic mass is 9.92. The van der Waals surface area contributed by atoms with Crippen LogP contribution in [-0.4, -0.2) is 73.5 Å². The second kappa shape index (κ2) is 8.78. The molecule has 2 aliphatic heterocycles. The molecule has 2 unspecified atom stereocenters. The normalized spacial score (nSPS) is 25.9. The number of morpholine rings is 1. The first-order valence-electron chi connectivity index (χ1n) is 9.07. The second-order valence-electron chi connectivity index (χ2n) is 6.91. The van der Waals surface area contributed by atoms with E-state index in [1.165, 1.54) is 24.8 Å². The highest BCUT2D eigenvalue weighted by Crippen LogP contribution is 2.27. The molecule has 2 saturated heterocycles. The van der Waals surface area contributed by atoms with E-state index < -0.39 is 0 Å². The van der Waals surface area contributed by atoms with E-state index in [0.29, 0.717) is 5.92 Å². The summed E-state index contributed by atoms with van der Waals surface area (Å²) in [5, 5.41) is 10.4. The largest absolute Gasteiger partial charge is 0.390 e. The zero-order chi connectivity index (χ0) is 15.9. The number of rotatable bonds is 5. The Balaban J connectivity index is 1.44. The number of nitrogens with zero attached hydrogens (tertiary/aromatic N) is 2. The molecule has 1 N–H and O–H groups in total. The molecule has 2 atom stereocenters. The Labute approximate surface area is 140 Å². The maximum atomic E-state index is 10.4. The van der Waals surface area contributed by atoms with Gasteiger partial charge in [-0.1, -0.05) is 30.3 Å². The third kappa shape index (κ3) is 5.28. The molecule has 4 nitrogen and oxygen atoms in total. The fraction of sp³-hybridized carbons (Fsp3) is 0.684. The lowest BCUT2D eigenvalue weighted by molar-refractivity contribution is 0.00715. The molecule has 0 spiro atoms. The first-order valence-corrected chi connectivity index (χ1v) is 9.07. The lowest BCUT2D eigenvalue weighted by Gasteiger charge is -2.30. The second-order valence-corrected chi connectivity index (χ2v) is 6.91. The standard InChI is InChI=1S/C19H30N2O2/c22-19(16-21-11-13-23-14-12-21)15-20-9-4-7-18(8-10-20)17-5-2-1-3-6-17/h1-3,5-6,18-19,22H,4,7-16H2. The molecule has 0 amide bonds. The molecule has 2 fully saturated rings. The minimum absolute atomic E-state index is 0.249. The van der Waals surface area contributed by atoms with Crippen molar-refractivity contribution in [2.75, 3.05) is 52.5 Å². The molecule has 0 aromatic heterocycles. The summed E-state index contributed by atoms with van der Waals surface area (Å²) in [4.78, 5) is 4.77. The summed E-state index contributed by atoms with van der Waals surface area (Å²) in [5.41, 5.74) is 1.48. The number of hydrogen-bond donors (Lipinski definition) is 1. The van der Waals surface area contributed by atoms with E-state index in [1.54, 1.807) is 0 Å². The first-order chi connectivity index (χ1) is 11.3. The minimum atomic E-state index is -0.249.